The lowest BCUT2D eigenvalue weighted by molar-refractivity contribution is 0.324. The predicted octanol–water partition coefficient (Wildman–Crippen LogP) is 3.39. The lowest BCUT2D eigenvalue weighted by atomic mass is 9.93. The number of hydrogen-bond acceptors (Lipinski definition) is 5. The smallest absolute Gasteiger partial charge is 0.226 e. The Morgan fingerprint density at radius 1 is 1.24 bits per heavy atom. The highest BCUT2D eigenvalue weighted by atomic mass is 32.2. The number of benzene rings is 1. The number of nitrogens with one attached hydrogen (secondary N) is 1. The van der Waals surface area contributed by atoms with Gasteiger partial charge in [-0.15, -0.1) is 11.8 Å². The van der Waals surface area contributed by atoms with Crippen LogP contribution in [0.2, 0.25) is 0 Å². The van der Waals surface area contributed by atoms with Gasteiger partial charge in [-0.3, -0.25) is 0 Å². The van der Waals surface area contributed by atoms with E-state index in [1.807, 2.05) is 12.1 Å². The SMILES string of the molecule is CSc1ccc(-c2noc(CCC3CCNCC3)n2)cc1. The van der Waals surface area contributed by atoms with Gasteiger partial charge in [0.2, 0.25) is 11.7 Å². The van der Waals surface area contributed by atoms with Crippen molar-refractivity contribution < 1.29 is 4.52 Å². The molecule has 0 amide bonds. The van der Waals surface area contributed by atoms with Gasteiger partial charge >= 0.3 is 0 Å². The van der Waals surface area contributed by atoms with E-state index in [1.54, 1.807) is 11.8 Å². The number of aromatic nitrogens is 2. The van der Waals surface area contributed by atoms with Crippen molar-refractivity contribution >= 4 is 11.8 Å². The maximum absolute atomic E-state index is 5.38. The Hall–Kier alpha value is -1.33. The average molecular weight is 303 g/mol. The van der Waals surface area contributed by atoms with Gasteiger partial charge in [0, 0.05) is 16.9 Å². The van der Waals surface area contributed by atoms with Gasteiger partial charge in [0.1, 0.15) is 0 Å². The highest BCUT2D eigenvalue weighted by molar-refractivity contribution is 7.98. The van der Waals surface area contributed by atoms with Crippen molar-refractivity contribution in [2.24, 2.45) is 5.92 Å². The first-order valence-electron chi connectivity index (χ1n) is 7.53. The van der Waals surface area contributed by atoms with E-state index in [1.165, 1.54) is 17.7 Å². The van der Waals surface area contributed by atoms with Crippen molar-refractivity contribution in [3.63, 3.8) is 0 Å². The van der Waals surface area contributed by atoms with Crippen LogP contribution in [0.15, 0.2) is 33.7 Å². The fourth-order valence-electron chi connectivity index (χ4n) is 2.71. The Labute approximate surface area is 129 Å². The first-order chi connectivity index (χ1) is 10.3. The lowest BCUT2D eigenvalue weighted by Crippen LogP contribution is -2.27. The van der Waals surface area contributed by atoms with Crippen molar-refractivity contribution in [3.8, 4) is 11.4 Å². The van der Waals surface area contributed by atoms with Gasteiger partial charge in [-0.1, -0.05) is 5.16 Å². The van der Waals surface area contributed by atoms with Gasteiger partial charge < -0.3 is 9.84 Å². The van der Waals surface area contributed by atoms with Crippen molar-refractivity contribution in [1.29, 1.82) is 0 Å². The largest absolute Gasteiger partial charge is 0.339 e. The van der Waals surface area contributed by atoms with Crippen LogP contribution in [0.5, 0.6) is 0 Å². The standard InChI is InChI=1S/C16H21N3OS/c1-21-14-5-3-13(4-6-14)16-18-15(20-19-16)7-2-12-8-10-17-11-9-12/h3-6,12,17H,2,7-11H2,1H3. The molecule has 1 N–H and O–H groups in total. The van der Waals surface area contributed by atoms with Crippen molar-refractivity contribution in [2.45, 2.75) is 30.6 Å². The molecule has 1 aromatic heterocycles. The van der Waals surface area contributed by atoms with Gasteiger partial charge in [0.25, 0.3) is 0 Å². The van der Waals surface area contributed by atoms with E-state index in [9.17, 15) is 0 Å². The van der Waals surface area contributed by atoms with E-state index in [-0.39, 0.29) is 0 Å². The van der Waals surface area contributed by atoms with Crippen LogP contribution in [-0.4, -0.2) is 29.5 Å². The van der Waals surface area contributed by atoms with Crippen LogP contribution < -0.4 is 5.32 Å². The van der Waals surface area contributed by atoms with E-state index in [0.29, 0.717) is 5.82 Å². The second kappa shape index (κ2) is 7.09. The molecule has 0 atom stereocenters. The minimum atomic E-state index is 0.697. The zero-order valence-corrected chi connectivity index (χ0v) is 13.2. The Morgan fingerprint density at radius 2 is 2.00 bits per heavy atom. The van der Waals surface area contributed by atoms with Crippen LogP contribution in [0, 0.1) is 5.92 Å². The van der Waals surface area contributed by atoms with Crippen LogP contribution >= 0.6 is 11.8 Å². The molecular weight excluding hydrogens is 282 g/mol. The molecule has 3 rings (SSSR count). The molecule has 5 heteroatoms. The molecule has 1 aromatic carbocycles. The van der Waals surface area contributed by atoms with Crippen LogP contribution in [0.4, 0.5) is 0 Å². The minimum absolute atomic E-state index is 0.697. The molecule has 1 fully saturated rings. The summed E-state index contributed by atoms with van der Waals surface area (Å²) < 4.78 is 5.38. The molecule has 1 aliphatic rings. The van der Waals surface area contributed by atoms with E-state index >= 15 is 0 Å². The molecule has 21 heavy (non-hydrogen) atoms. The number of thioether (sulfide) groups is 1. The lowest BCUT2D eigenvalue weighted by Gasteiger charge is -2.21. The summed E-state index contributed by atoms with van der Waals surface area (Å²) in [5, 5.41) is 7.50. The zero-order chi connectivity index (χ0) is 14.5. The Kier molecular flexibility index (Phi) is 4.93. The first kappa shape index (κ1) is 14.6. The summed E-state index contributed by atoms with van der Waals surface area (Å²) in [5.74, 6) is 2.25. The van der Waals surface area contributed by atoms with Gasteiger partial charge in [-0.25, -0.2) is 0 Å². The summed E-state index contributed by atoms with van der Waals surface area (Å²) in [6.07, 6.45) is 6.63. The molecular formula is C16H21N3OS. The Bertz CT molecular complexity index is 561. The van der Waals surface area contributed by atoms with E-state index in [0.717, 1.165) is 43.3 Å². The highest BCUT2D eigenvalue weighted by Crippen LogP contribution is 2.22. The van der Waals surface area contributed by atoms with Crippen LogP contribution in [-0.2, 0) is 6.42 Å². The third-order valence-electron chi connectivity index (χ3n) is 4.04. The molecule has 1 saturated heterocycles. The third-order valence-corrected chi connectivity index (χ3v) is 4.79. The Morgan fingerprint density at radius 3 is 2.71 bits per heavy atom. The monoisotopic (exact) mass is 303 g/mol. The quantitative estimate of drug-likeness (QED) is 0.858. The minimum Gasteiger partial charge on any atom is -0.339 e. The molecule has 112 valence electrons. The molecule has 2 heterocycles. The molecule has 0 saturated carbocycles. The molecule has 2 aromatic rings. The van der Waals surface area contributed by atoms with Crippen LogP contribution in [0.3, 0.4) is 0 Å². The highest BCUT2D eigenvalue weighted by Gasteiger charge is 2.15. The van der Waals surface area contributed by atoms with Gasteiger partial charge in [-0.05, 0) is 68.8 Å². The molecule has 0 spiro atoms. The molecule has 4 nitrogen and oxygen atoms in total. The van der Waals surface area contributed by atoms with Crippen molar-refractivity contribution in [1.82, 2.24) is 15.5 Å². The zero-order valence-electron chi connectivity index (χ0n) is 12.3. The van der Waals surface area contributed by atoms with Gasteiger partial charge in [0.15, 0.2) is 0 Å². The molecule has 0 bridgehead atoms. The molecule has 0 unspecified atom stereocenters. The number of rotatable bonds is 5. The summed E-state index contributed by atoms with van der Waals surface area (Å²) in [5.41, 5.74) is 1.02. The number of hydrogen-bond donors (Lipinski definition) is 1. The number of piperidine rings is 1. The first-order valence-corrected chi connectivity index (χ1v) is 8.75. The summed E-state index contributed by atoms with van der Waals surface area (Å²) in [6.45, 7) is 2.28. The molecule has 0 aliphatic carbocycles. The van der Waals surface area contributed by atoms with Gasteiger partial charge in [-0.2, -0.15) is 4.98 Å². The second-order valence-electron chi connectivity index (χ2n) is 5.47. The number of aryl methyl sites for hydroxylation is 1. The summed E-state index contributed by atoms with van der Waals surface area (Å²) >= 11 is 1.73. The van der Waals surface area contributed by atoms with Crippen LogP contribution in [0.1, 0.15) is 25.2 Å². The van der Waals surface area contributed by atoms with Crippen molar-refractivity contribution in [2.75, 3.05) is 19.3 Å². The summed E-state index contributed by atoms with van der Waals surface area (Å²) in [4.78, 5) is 5.76. The Balaban J connectivity index is 1.59. The maximum atomic E-state index is 5.38. The average Bonchev–Trinajstić information content (AvgIpc) is 3.03. The van der Waals surface area contributed by atoms with Crippen molar-refractivity contribution in [3.05, 3.63) is 30.2 Å². The molecule has 1 aliphatic heterocycles. The van der Waals surface area contributed by atoms with E-state index < -0.39 is 0 Å². The van der Waals surface area contributed by atoms with E-state index in [2.05, 4.69) is 33.8 Å². The third kappa shape index (κ3) is 3.86. The summed E-state index contributed by atoms with van der Waals surface area (Å²) in [7, 11) is 0. The summed E-state index contributed by atoms with van der Waals surface area (Å²) in [6, 6.07) is 8.27. The fraction of sp³-hybridized carbons (Fsp3) is 0.500. The number of nitrogens with zero attached hydrogens (tertiary/aromatic N) is 2. The van der Waals surface area contributed by atoms with E-state index in [4.69, 9.17) is 4.52 Å². The predicted molar refractivity (Wildman–Crippen MR) is 85.4 cm³/mol. The second-order valence-corrected chi connectivity index (χ2v) is 6.35. The van der Waals surface area contributed by atoms with Gasteiger partial charge in [0.05, 0.1) is 0 Å². The fourth-order valence-corrected chi connectivity index (χ4v) is 3.12. The van der Waals surface area contributed by atoms with Crippen LogP contribution in [0.25, 0.3) is 11.4 Å². The topological polar surface area (TPSA) is 51.0 Å². The maximum Gasteiger partial charge on any atom is 0.226 e. The normalized spacial score (nSPS) is 16.2. The molecule has 0 radical (unpaired) electrons.